The summed E-state index contributed by atoms with van der Waals surface area (Å²) >= 11 is 0. The lowest BCUT2D eigenvalue weighted by Gasteiger charge is -2.38. The average molecular weight is 613 g/mol. The van der Waals surface area contributed by atoms with Crippen LogP contribution in [0.2, 0.25) is 0 Å². The molecule has 2 aromatic carbocycles. The molecule has 234 valence electrons. The predicted molar refractivity (Wildman–Crippen MR) is 155 cm³/mol. The molecular weight excluding hydrogens is 578 g/mol. The summed E-state index contributed by atoms with van der Waals surface area (Å²) in [5, 5.41) is 4.35. The summed E-state index contributed by atoms with van der Waals surface area (Å²) in [5.74, 6) is -3.39. The predicted octanol–water partition coefficient (Wildman–Crippen LogP) is 2.82. The summed E-state index contributed by atoms with van der Waals surface area (Å²) in [6.07, 6.45) is 2.33. The first kappa shape index (κ1) is 31.0. The van der Waals surface area contributed by atoms with Gasteiger partial charge in [-0.25, -0.2) is 8.78 Å². The Morgan fingerprint density at radius 2 is 1.70 bits per heavy atom. The molecule has 0 unspecified atom stereocenters. The molecule has 44 heavy (non-hydrogen) atoms. The Morgan fingerprint density at radius 1 is 0.955 bits per heavy atom. The molecule has 1 N–H and O–H groups in total. The molecule has 0 saturated heterocycles. The number of rotatable bonds is 3. The third kappa shape index (κ3) is 7.17. The number of hydrogen-bond donors (Lipinski definition) is 1. The fraction of sp³-hybridized carbons (Fsp3) is 0.387. The van der Waals surface area contributed by atoms with Gasteiger partial charge in [-0.3, -0.25) is 24.1 Å². The summed E-state index contributed by atoms with van der Waals surface area (Å²) in [7, 11) is 1.61. The molecule has 0 aliphatic carbocycles. The lowest BCUT2D eigenvalue weighted by Crippen LogP contribution is -2.54. The van der Waals surface area contributed by atoms with Gasteiger partial charge in [-0.2, -0.15) is 0 Å². The van der Waals surface area contributed by atoms with E-state index in [4.69, 9.17) is 18.9 Å². The van der Waals surface area contributed by atoms with E-state index in [-0.39, 0.29) is 54.7 Å². The molecule has 2 bridgehead atoms. The van der Waals surface area contributed by atoms with Crippen LogP contribution in [-0.4, -0.2) is 74.7 Å². The number of fused-ring (bicyclic) bond motifs is 2. The first-order valence-electron chi connectivity index (χ1n) is 14.3. The van der Waals surface area contributed by atoms with Crippen molar-refractivity contribution in [2.24, 2.45) is 0 Å². The molecule has 0 spiro atoms. The molecule has 3 aromatic rings. The van der Waals surface area contributed by atoms with Crippen LogP contribution >= 0.6 is 0 Å². The number of halogens is 2. The minimum Gasteiger partial charge on any atom is -0.493 e. The molecule has 2 aliphatic heterocycles. The van der Waals surface area contributed by atoms with E-state index in [1.165, 1.54) is 15.8 Å². The van der Waals surface area contributed by atoms with Crippen molar-refractivity contribution in [3.8, 4) is 11.5 Å². The van der Waals surface area contributed by atoms with Gasteiger partial charge in [0.1, 0.15) is 36.2 Å². The maximum atomic E-state index is 14.8. The van der Waals surface area contributed by atoms with Crippen LogP contribution in [0, 0.1) is 11.6 Å². The maximum Gasteiger partial charge on any atom is 0.277 e. The van der Waals surface area contributed by atoms with Crippen LogP contribution < -0.4 is 25.2 Å². The number of nitrogens with zero attached hydrogens (tertiary/aromatic N) is 3. The van der Waals surface area contributed by atoms with Crippen LogP contribution in [0.15, 0.2) is 53.5 Å². The monoisotopic (exact) mass is 612 g/mol. The third-order valence-electron chi connectivity index (χ3n) is 7.16. The second-order valence-electron chi connectivity index (χ2n) is 10.4. The first-order chi connectivity index (χ1) is 21.3. The van der Waals surface area contributed by atoms with Gasteiger partial charge >= 0.3 is 0 Å². The fourth-order valence-electron chi connectivity index (χ4n) is 4.92. The molecule has 2 aliphatic rings. The van der Waals surface area contributed by atoms with Gasteiger partial charge in [-0.15, -0.1) is 0 Å². The zero-order valence-electron chi connectivity index (χ0n) is 24.4. The van der Waals surface area contributed by atoms with Gasteiger partial charge in [0.05, 0.1) is 19.8 Å². The van der Waals surface area contributed by atoms with Crippen LogP contribution in [-0.2, 0) is 22.6 Å². The lowest BCUT2D eigenvalue weighted by atomic mass is 10.1. The van der Waals surface area contributed by atoms with E-state index in [0.717, 1.165) is 11.6 Å². The van der Waals surface area contributed by atoms with E-state index in [0.29, 0.717) is 51.9 Å². The van der Waals surface area contributed by atoms with E-state index in [1.807, 2.05) is 30.3 Å². The topological polar surface area (TPSA) is 112 Å². The zero-order valence-corrected chi connectivity index (χ0v) is 24.4. The highest BCUT2D eigenvalue weighted by molar-refractivity contribution is 5.99. The van der Waals surface area contributed by atoms with Crippen molar-refractivity contribution >= 4 is 11.8 Å². The van der Waals surface area contributed by atoms with Gasteiger partial charge in [0.2, 0.25) is 5.43 Å². The zero-order chi connectivity index (χ0) is 31.1. The normalized spacial score (nSPS) is 16.9. The van der Waals surface area contributed by atoms with Crippen molar-refractivity contribution < 1.29 is 37.3 Å². The Balaban J connectivity index is 1.53. The lowest BCUT2D eigenvalue weighted by molar-refractivity contribution is 0.0423. The summed E-state index contributed by atoms with van der Waals surface area (Å²) in [6, 6.07) is 10.8. The Labute approximate surface area is 252 Å². The summed E-state index contributed by atoms with van der Waals surface area (Å²) in [4.78, 5) is 42.1. The van der Waals surface area contributed by atoms with Crippen LogP contribution in [0.25, 0.3) is 0 Å². The third-order valence-corrected chi connectivity index (χ3v) is 7.16. The van der Waals surface area contributed by atoms with Gasteiger partial charge in [0.15, 0.2) is 11.4 Å². The Kier molecular flexibility index (Phi) is 10.1. The van der Waals surface area contributed by atoms with E-state index in [9.17, 15) is 23.2 Å². The van der Waals surface area contributed by atoms with Crippen molar-refractivity contribution in [2.75, 3.05) is 58.3 Å². The molecule has 0 fully saturated rings. The highest BCUT2D eigenvalue weighted by atomic mass is 19.1. The van der Waals surface area contributed by atoms with Gasteiger partial charge in [-0.1, -0.05) is 30.3 Å². The molecule has 0 saturated carbocycles. The number of aromatic nitrogens is 1. The minimum atomic E-state index is -0.912. The standard InChI is InChI=1S/C31H34F2N4O7/c1-35-20-36-9-5-10-41-13-14-42-11-6-12-43-26-16-22(32)15-25(33)23(26)17-34-30(39)24-18-37(36)27(31(35)40)29(28(24)38)44-19-21-7-3-2-4-8-21/h2-4,7-8,15-16,18H,5-6,9-14,17,19-20H2,1H3,(H,34,39). The average Bonchev–Trinajstić information content (AvgIpc) is 3.00. The first-order valence-corrected chi connectivity index (χ1v) is 14.3. The SMILES string of the molecule is CN1CN2CCCOCCOCCCOc3cc(F)cc(F)c3CNC(=O)c3cn2c(c(OCc2ccccc2)c3=O)C1=O. The Morgan fingerprint density at radius 3 is 2.48 bits per heavy atom. The highest BCUT2D eigenvalue weighted by Crippen LogP contribution is 2.25. The minimum absolute atomic E-state index is 0.0204. The van der Waals surface area contributed by atoms with Crippen molar-refractivity contribution in [2.45, 2.75) is 26.0 Å². The number of benzene rings is 2. The molecule has 5 rings (SSSR count). The highest BCUT2D eigenvalue weighted by Gasteiger charge is 2.34. The van der Waals surface area contributed by atoms with E-state index < -0.39 is 28.9 Å². The van der Waals surface area contributed by atoms with Gasteiger partial charge in [0.25, 0.3) is 11.8 Å². The van der Waals surface area contributed by atoms with Crippen molar-refractivity contribution in [1.82, 2.24) is 14.9 Å². The molecule has 0 radical (unpaired) electrons. The van der Waals surface area contributed by atoms with Crippen LogP contribution in [0.3, 0.4) is 0 Å². The van der Waals surface area contributed by atoms with Gasteiger partial charge in [-0.05, 0) is 12.0 Å². The summed E-state index contributed by atoms with van der Waals surface area (Å²) < 4.78 is 53.2. The molecule has 1 aromatic heterocycles. The summed E-state index contributed by atoms with van der Waals surface area (Å²) in [5.41, 5.74) is -0.460. The second kappa shape index (κ2) is 14.3. The number of carbonyl (C=O) groups excluding carboxylic acids is 2. The number of ether oxygens (including phenoxy) is 4. The fourth-order valence-corrected chi connectivity index (χ4v) is 4.92. The second-order valence-corrected chi connectivity index (χ2v) is 10.4. The van der Waals surface area contributed by atoms with E-state index >= 15 is 0 Å². The summed E-state index contributed by atoms with van der Waals surface area (Å²) in [6.45, 7) is 1.81. The molecule has 2 amide bonds. The maximum absolute atomic E-state index is 14.8. The van der Waals surface area contributed by atoms with E-state index in [1.54, 1.807) is 12.1 Å². The largest absolute Gasteiger partial charge is 0.493 e. The number of nitrogens with one attached hydrogen (secondary N) is 1. The Bertz CT molecular complexity index is 1550. The Hall–Kier alpha value is -4.49. The van der Waals surface area contributed by atoms with Crippen molar-refractivity contribution in [1.29, 1.82) is 0 Å². The molecule has 11 nitrogen and oxygen atoms in total. The smallest absolute Gasteiger partial charge is 0.277 e. The van der Waals surface area contributed by atoms with E-state index in [2.05, 4.69) is 5.32 Å². The molecule has 13 heteroatoms. The van der Waals surface area contributed by atoms with Crippen molar-refractivity contribution in [3.63, 3.8) is 0 Å². The van der Waals surface area contributed by atoms with Crippen LogP contribution in [0.1, 0.15) is 44.8 Å². The number of amides is 2. The van der Waals surface area contributed by atoms with Gasteiger partial charge < -0.3 is 29.2 Å². The molecule has 0 atom stereocenters. The number of carbonyl (C=O) groups is 2. The van der Waals surface area contributed by atoms with Crippen LogP contribution in [0.4, 0.5) is 8.78 Å². The van der Waals surface area contributed by atoms with Crippen molar-refractivity contribution in [3.05, 3.63) is 92.9 Å². The van der Waals surface area contributed by atoms with Crippen LogP contribution in [0.5, 0.6) is 11.5 Å². The number of hydrogen-bond acceptors (Lipinski definition) is 8. The molecular formula is C31H34F2N4O7. The number of pyridine rings is 1. The quantitative estimate of drug-likeness (QED) is 0.481. The molecule has 3 heterocycles. The van der Waals surface area contributed by atoms with Gasteiger partial charge in [0, 0.05) is 63.7 Å².